The second-order valence-electron chi connectivity index (χ2n) is 13.9. The summed E-state index contributed by atoms with van der Waals surface area (Å²) >= 11 is 5.67. The van der Waals surface area contributed by atoms with Crippen molar-refractivity contribution < 1.29 is 38.7 Å². The summed E-state index contributed by atoms with van der Waals surface area (Å²) in [6, 6.07) is 15.2. The van der Waals surface area contributed by atoms with Gasteiger partial charge < -0.3 is 47.3 Å². The van der Waals surface area contributed by atoms with E-state index in [4.69, 9.17) is 17.3 Å². The highest BCUT2D eigenvalue weighted by Crippen LogP contribution is 2.23. The van der Waals surface area contributed by atoms with Crippen LogP contribution in [-0.2, 0) is 35.2 Å². The number of rotatable bonds is 18. The van der Waals surface area contributed by atoms with E-state index in [9.17, 15) is 38.7 Å². The number of alkyl halides is 1. The molecule has 0 spiro atoms. The highest BCUT2D eigenvalue weighted by atomic mass is 35.5. The first-order valence-electron chi connectivity index (χ1n) is 18.8. The Morgan fingerprint density at radius 2 is 1.61 bits per heavy atom. The predicted octanol–water partition coefficient (Wildman–Crippen LogP) is 2.89. The van der Waals surface area contributed by atoms with Crippen LogP contribution in [0.2, 0.25) is 0 Å². The molecule has 1 aliphatic rings. The van der Waals surface area contributed by atoms with Gasteiger partial charge in [-0.15, -0.1) is 11.6 Å². The molecule has 2 heterocycles. The number of carbonyl (C=O) groups excluding carboxylic acids is 6. The third-order valence-electron chi connectivity index (χ3n) is 9.84. The highest BCUT2D eigenvalue weighted by Gasteiger charge is 2.38. The van der Waals surface area contributed by atoms with E-state index in [1.807, 2.05) is 60.7 Å². The lowest BCUT2D eigenvalue weighted by Crippen LogP contribution is -2.60. The zero-order chi connectivity index (χ0) is 40.9. The van der Waals surface area contributed by atoms with E-state index in [2.05, 4.69) is 31.6 Å². The molecule has 4 unspecified atom stereocenters. The van der Waals surface area contributed by atoms with Crippen molar-refractivity contribution in [3.63, 3.8) is 0 Å². The SMILES string of the molecule is NC(=O)NCCCC(NC(=O)C(Cc1c[nH]c2ccccc12)NC(=O)C1CCCCN1C(=O)C(CCC(=O)O)NC(=O)CCl)C(=O)Nc1ccc2ccccc2c1. The molecule has 1 aliphatic heterocycles. The van der Waals surface area contributed by atoms with Crippen molar-refractivity contribution in [1.82, 2.24) is 31.2 Å². The molecule has 57 heavy (non-hydrogen) atoms. The van der Waals surface area contributed by atoms with Crippen LogP contribution in [0.4, 0.5) is 10.5 Å². The fraction of sp³-hybridized carbons (Fsp3) is 0.375. The van der Waals surface area contributed by atoms with Gasteiger partial charge in [0.1, 0.15) is 30.0 Å². The lowest BCUT2D eigenvalue weighted by molar-refractivity contribution is -0.146. The number of aromatic nitrogens is 1. The normalized spacial score (nSPS) is 15.5. The van der Waals surface area contributed by atoms with Gasteiger partial charge in [-0.1, -0.05) is 48.5 Å². The number of carboxylic acid groups (broad SMARTS) is 1. The molecule has 0 saturated carbocycles. The van der Waals surface area contributed by atoms with Gasteiger partial charge in [-0.25, -0.2) is 4.79 Å². The summed E-state index contributed by atoms with van der Waals surface area (Å²) in [4.78, 5) is 95.6. The Labute approximate surface area is 333 Å². The fourth-order valence-corrected chi connectivity index (χ4v) is 7.06. The van der Waals surface area contributed by atoms with E-state index in [1.54, 1.807) is 12.3 Å². The van der Waals surface area contributed by atoms with Crippen LogP contribution in [0, 0.1) is 0 Å². The maximum Gasteiger partial charge on any atom is 0.312 e. The molecule has 16 nitrogen and oxygen atoms in total. The molecule has 17 heteroatoms. The molecule has 302 valence electrons. The van der Waals surface area contributed by atoms with Crippen LogP contribution >= 0.6 is 11.6 Å². The number of primary amides is 1. The van der Waals surface area contributed by atoms with E-state index in [0.717, 1.165) is 21.7 Å². The topological polar surface area (TPSA) is 245 Å². The fourth-order valence-electron chi connectivity index (χ4n) is 6.98. The molecule has 1 aromatic heterocycles. The maximum atomic E-state index is 14.3. The maximum absolute atomic E-state index is 14.3. The van der Waals surface area contributed by atoms with Gasteiger partial charge in [0.15, 0.2) is 0 Å². The molecule has 4 aromatic rings. The second-order valence-corrected chi connectivity index (χ2v) is 14.2. The number of nitrogens with zero attached hydrogens (tertiary/aromatic N) is 1. The molecule has 1 saturated heterocycles. The minimum absolute atomic E-state index is 0.0114. The summed E-state index contributed by atoms with van der Waals surface area (Å²) in [6.45, 7) is 0.303. The molecule has 3 aromatic carbocycles. The number of hydrogen-bond acceptors (Lipinski definition) is 7. The van der Waals surface area contributed by atoms with Crippen LogP contribution in [0.3, 0.4) is 0 Å². The number of piperidine rings is 1. The monoisotopic (exact) mass is 802 g/mol. The molecule has 0 aliphatic carbocycles. The lowest BCUT2D eigenvalue weighted by atomic mass is 9.97. The van der Waals surface area contributed by atoms with Crippen molar-refractivity contribution in [1.29, 1.82) is 0 Å². The largest absolute Gasteiger partial charge is 0.481 e. The van der Waals surface area contributed by atoms with Gasteiger partial charge in [0, 0.05) is 48.7 Å². The van der Waals surface area contributed by atoms with Gasteiger partial charge in [-0.05, 0) is 73.1 Å². The number of aromatic amines is 1. The third-order valence-corrected chi connectivity index (χ3v) is 10.1. The number of para-hydroxylation sites is 1. The molecule has 5 rings (SSSR count). The predicted molar refractivity (Wildman–Crippen MR) is 214 cm³/mol. The summed E-state index contributed by atoms with van der Waals surface area (Å²) in [5.41, 5.74) is 7.26. The summed E-state index contributed by atoms with van der Waals surface area (Å²) in [6.07, 6.45) is 2.90. The van der Waals surface area contributed by atoms with Gasteiger partial charge in [-0.3, -0.25) is 28.8 Å². The number of hydrogen-bond donors (Lipinski definition) is 8. The van der Waals surface area contributed by atoms with Crippen molar-refractivity contribution in [3.05, 3.63) is 78.5 Å². The number of benzene rings is 3. The average molecular weight is 803 g/mol. The summed E-state index contributed by atoms with van der Waals surface area (Å²) in [5.74, 6) is -4.75. The van der Waals surface area contributed by atoms with Gasteiger partial charge in [0.2, 0.25) is 29.5 Å². The molecule has 9 N–H and O–H groups in total. The Balaban J connectivity index is 1.40. The third kappa shape index (κ3) is 11.7. The standard InChI is InChI=1S/C40H47ClN8O8/c41-22-34(50)46-31(16-17-35(51)52)39(56)49-19-6-5-13-33(49)38(55)48-32(21-26-23-44-29-11-4-3-10-28(26)29)37(54)47-30(12-7-18-43-40(42)57)36(53)45-27-15-14-24-8-1-2-9-25(24)20-27/h1-4,8-11,14-15,20,23,30-33,44H,5-7,12-13,16-19,21-22H2,(H,45,53)(H,46,50)(H,47,54)(H,48,55)(H,51,52)(H3,42,43,57). The summed E-state index contributed by atoms with van der Waals surface area (Å²) in [5, 5.41) is 25.5. The zero-order valence-electron chi connectivity index (χ0n) is 31.2. The number of nitrogens with one attached hydrogen (secondary N) is 6. The van der Waals surface area contributed by atoms with Crippen LogP contribution in [0.25, 0.3) is 21.7 Å². The molecule has 7 amide bonds. The Morgan fingerprint density at radius 1 is 0.860 bits per heavy atom. The van der Waals surface area contributed by atoms with Crippen molar-refractivity contribution in [2.24, 2.45) is 5.73 Å². The van der Waals surface area contributed by atoms with Crippen LogP contribution in [-0.4, -0.2) is 99.7 Å². The number of urea groups is 1. The number of aliphatic carboxylic acids is 1. The highest BCUT2D eigenvalue weighted by molar-refractivity contribution is 6.27. The van der Waals surface area contributed by atoms with E-state index in [0.29, 0.717) is 24.1 Å². The van der Waals surface area contributed by atoms with Crippen LogP contribution in [0.15, 0.2) is 72.9 Å². The first kappa shape index (κ1) is 42.0. The Bertz CT molecular complexity index is 2110. The van der Waals surface area contributed by atoms with Crippen molar-refractivity contribution >= 4 is 80.5 Å². The van der Waals surface area contributed by atoms with Gasteiger partial charge in [-0.2, -0.15) is 0 Å². The van der Waals surface area contributed by atoms with Crippen molar-refractivity contribution in [2.45, 2.75) is 75.5 Å². The smallest absolute Gasteiger partial charge is 0.312 e. The Morgan fingerprint density at radius 3 is 2.37 bits per heavy atom. The van der Waals surface area contributed by atoms with Crippen molar-refractivity contribution in [3.8, 4) is 0 Å². The number of carboxylic acids is 1. The molecule has 4 atom stereocenters. The zero-order valence-corrected chi connectivity index (χ0v) is 32.0. The number of nitrogens with two attached hydrogens (primary N) is 1. The first-order chi connectivity index (χ1) is 27.4. The van der Waals surface area contributed by atoms with Crippen LogP contribution in [0.1, 0.15) is 50.5 Å². The number of anilines is 1. The number of amides is 7. The van der Waals surface area contributed by atoms with E-state index in [1.165, 1.54) is 4.90 Å². The van der Waals surface area contributed by atoms with Gasteiger partial charge in [0.25, 0.3) is 0 Å². The molecule has 0 bridgehead atoms. The number of likely N-dealkylation sites (tertiary alicyclic amines) is 1. The van der Waals surface area contributed by atoms with Gasteiger partial charge in [0.05, 0.1) is 0 Å². The molecular weight excluding hydrogens is 756 g/mol. The van der Waals surface area contributed by atoms with Crippen molar-refractivity contribution in [2.75, 3.05) is 24.3 Å². The van der Waals surface area contributed by atoms with Crippen LogP contribution < -0.4 is 32.3 Å². The molecular formula is C40H47ClN8O8. The Kier molecular flexibility index (Phi) is 14.8. The Hall–Kier alpha value is -6.16. The summed E-state index contributed by atoms with van der Waals surface area (Å²) in [7, 11) is 0. The molecule has 0 radical (unpaired) electrons. The van der Waals surface area contributed by atoms with E-state index < -0.39 is 78.0 Å². The van der Waals surface area contributed by atoms with Crippen LogP contribution in [0.5, 0.6) is 0 Å². The minimum atomic E-state index is -1.24. The van der Waals surface area contributed by atoms with E-state index in [-0.39, 0.29) is 45.2 Å². The quantitative estimate of drug-likeness (QED) is 0.0548. The second kappa shape index (κ2) is 20.1. The van der Waals surface area contributed by atoms with Gasteiger partial charge >= 0.3 is 12.0 Å². The molecule has 1 fully saturated rings. The van der Waals surface area contributed by atoms with E-state index >= 15 is 0 Å². The number of carbonyl (C=O) groups is 7. The number of halogens is 1. The minimum Gasteiger partial charge on any atom is -0.481 e. The first-order valence-corrected chi connectivity index (χ1v) is 19.3. The number of H-pyrrole nitrogens is 1. The lowest BCUT2D eigenvalue weighted by Gasteiger charge is -2.37. The average Bonchev–Trinajstić information content (AvgIpc) is 3.62. The summed E-state index contributed by atoms with van der Waals surface area (Å²) < 4.78 is 0. The number of fused-ring (bicyclic) bond motifs is 2.